The molecule has 180 valence electrons. The summed E-state index contributed by atoms with van der Waals surface area (Å²) in [5.74, 6) is -3.57. The van der Waals surface area contributed by atoms with Gasteiger partial charge in [-0.15, -0.1) is 0 Å². The Morgan fingerprint density at radius 2 is 1.94 bits per heavy atom. The molecule has 1 aromatic carbocycles. The molecular formula is C25H29F2N5O2. The highest BCUT2D eigenvalue weighted by molar-refractivity contribution is 5.89. The highest BCUT2D eigenvalue weighted by atomic mass is 19.3. The zero-order valence-electron chi connectivity index (χ0n) is 19.5. The molecule has 0 radical (unpaired) electrons. The van der Waals surface area contributed by atoms with Crippen molar-refractivity contribution < 1.29 is 18.7 Å². The largest absolute Gasteiger partial charge is 0.478 e. The highest BCUT2D eigenvalue weighted by Crippen LogP contribution is 2.39. The van der Waals surface area contributed by atoms with Crippen molar-refractivity contribution in [1.82, 2.24) is 14.8 Å². The van der Waals surface area contributed by atoms with Gasteiger partial charge in [0.1, 0.15) is 5.56 Å². The molecule has 0 aliphatic carbocycles. The van der Waals surface area contributed by atoms with Crippen LogP contribution in [0.5, 0.6) is 0 Å². The van der Waals surface area contributed by atoms with Gasteiger partial charge in [-0.05, 0) is 37.5 Å². The maximum absolute atomic E-state index is 13.8. The van der Waals surface area contributed by atoms with E-state index < -0.39 is 18.4 Å². The first-order valence-corrected chi connectivity index (χ1v) is 11.3. The summed E-state index contributed by atoms with van der Waals surface area (Å²) in [5.41, 5.74) is 10.1. The van der Waals surface area contributed by atoms with E-state index >= 15 is 0 Å². The molecule has 1 fully saturated rings. The summed E-state index contributed by atoms with van der Waals surface area (Å²) in [6, 6.07) is 9.53. The maximum Gasteiger partial charge on any atom is 0.339 e. The van der Waals surface area contributed by atoms with Crippen LogP contribution in [-0.2, 0) is 6.42 Å². The molecule has 3 heterocycles. The number of anilines is 2. The minimum atomic E-state index is -2.75. The molecule has 1 aliphatic heterocycles. The zero-order chi connectivity index (χ0) is 24.6. The molecule has 0 bridgehead atoms. The number of aromatic carboxylic acids is 1. The molecule has 9 heteroatoms. The van der Waals surface area contributed by atoms with Crippen LogP contribution in [0.25, 0.3) is 11.1 Å². The van der Waals surface area contributed by atoms with Crippen LogP contribution in [0.4, 0.5) is 20.3 Å². The van der Waals surface area contributed by atoms with Gasteiger partial charge in [-0.25, -0.2) is 18.6 Å². The predicted molar refractivity (Wildman–Crippen MR) is 128 cm³/mol. The molecular weight excluding hydrogens is 440 g/mol. The third kappa shape index (κ3) is 4.60. The topological polar surface area (TPSA) is 97.3 Å². The number of aromatic nitrogens is 3. The molecule has 1 aliphatic rings. The van der Waals surface area contributed by atoms with Crippen molar-refractivity contribution in [3.8, 4) is 11.1 Å². The zero-order valence-corrected chi connectivity index (χ0v) is 19.5. The van der Waals surface area contributed by atoms with Crippen LogP contribution in [0.3, 0.4) is 0 Å². The average molecular weight is 470 g/mol. The second-order valence-corrected chi connectivity index (χ2v) is 9.19. The lowest BCUT2D eigenvalue weighted by molar-refractivity contribution is 0.0256. The Labute approximate surface area is 197 Å². The van der Waals surface area contributed by atoms with Gasteiger partial charge in [-0.2, -0.15) is 5.10 Å². The summed E-state index contributed by atoms with van der Waals surface area (Å²) in [6.45, 7) is 5.64. The SMILES string of the molecule is CC(Cc1ccccc1-c1ccnc(N2CCC(F)(F)C2)c1N)c1nn(C(C)C)cc1C(=O)O. The Morgan fingerprint density at radius 1 is 1.21 bits per heavy atom. The number of hydrogen-bond acceptors (Lipinski definition) is 5. The summed E-state index contributed by atoms with van der Waals surface area (Å²) in [6.07, 6.45) is 3.47. The fourth-order valence-corrected chi connectivity index (χ4v) is 4.45. The second kappa shape index (κ2) is 9.04. The van der Waals surface area contributed by atoms with Gasteiger partial charge in [0.15, 0.2) is 5.82 Å². The molecule has 7 nitrogen and oxygen atoms in total. The number of halogens is 2. The first kappa shape index (κ1) is 23.7. The van der Waals surface area contributed by atoms with Crippen LogP contribution < -0.4 is 10.6 Å². The number of hydrogen-bond donors (Lipinski definition) is 2. The van der Waals surface area contributed by atoms with E-state index in [-0.39, 0.29) is 30.5 Å². The Kier molecular flexibility index (Phi) is 6.29. The van der Waals surface area contributed by atoms with Crippen molar-refractivity contribution in [2.75, 3.05) is 23.7 Å². The number of nitrogens with two attached hydrogens (primary N) is 1. The van der Waals surface area contributed by atoms with Crippen molar-refractivity contribution in [1.29, 1.82) is 0 Å². The maximum atomic E-state index is 13.8. The lowest BCUT2D eigenvalue weighted by Gasteiger charge is -2.21. The lowest BCUT2D eigenvalue weighted by Crippen LogP contribution is -2.26. The van der Waals surface area contributed by atoms with Gasteiger partial charge in [0, 0.05) is 42.9 Å². The number of benzene rings is 1. The van der Waals surface area contributed by atoms with E-state index in [2.05, 4.69) is 10.1 Å². The van der Waals surface area contributed by atoms with Gasteiger partial charge in [-0.3, -0.25) is 4.68 Å². The summed E-state index contributed by atoms with van der Waals surface area (Å²) in [4.78, 5) is 17.6. The number of pyridine rings is 1. The molecule has 2 aromatic heterocycles. The Morgan fingerprint density at radius 3 is 2.59 bits per heavy atom. The van der Waals surface area contributed by atoms with Crippen LogP contribution in [-0.4, -0.2) is 44.9 Å². The highest BCUT2D eigenvalue weighted by Gasteiger charge is 2.39. The summed E-state index contributed by atoms with van der Waals surface area (Å²) in [7, 11) is 0. The Bertz CT molecular complexity index is 1210. The third-order valence-corrected chi connectivity index (χ3v) is 6.26. The molecule has 0 spiro atoms. The predicted octanol–water partition coefficient (Wildman–Crippen LogP) is 5.00. The molecule has 1 atom stereocenters. The fourth-order valence-electron chi connectivity index (χ4n) is 4.45. The number of carboxylic acids is 1. The molecule has 3 aromatic rings. The van der Waals surface area contributed by atoms with Crippen LogP contribution in [0.2, 0.25) is 0 Å². The van der Waals surface area contributed by atoms with Gasteiger partial charge in [0.2, 0.25) is 0 Å². The number of nitrogens with zero attached hydrogens (tertiary/aromatic N) is 4. The minimum Gasteiger partial charge on any atom is -0.478 e. The van der Waals surface area contributed by atoms with Crippen LogP contribution >= 0.6 is 0 Å². The van der Waals surface area contributed by atoms with Crippen molar-refractivity contribution in [2.24, 2.45) is 0 Å². The number of alkyl halides is 2. The third-order valence-electron chi connectivity index (χ3n) is 6.26. The molecule has 1 unspecified atom stereocenters. The minimum absolute atomic E-state index is 0.0411. The molecule has 3 N–H and O–H groups in total. The normalized spacial score (nSPS) is 16.2. The van der Waals surface area contributed by atoms with E-state index in [1.54, 1.807) is 23.1 Å². The van der Waals surface area contributed by atoms with E-state index in [0.29, 0.717) is 29.2 Å². The second-order valence-electron chi connectivity index (χ2n) is 9.19. The van der Waals surface area contributed by atoms with Crippen LogP contribution in [0, 0.1) is 0 Å². The fraction of sp³-hybridized carbons (Fsp3) is 0.400. The number of rotatable bonds is 7. The number of carboxylic acid groups (broad SMARTS) is 1. The van der Waals surface area contributed by atoms with Gasteiger partial charge >= 0.3 is 5.97 Å². The van der Waals surface area contributed by atoms with Crippen molar-refractivity contribution in [3.63, 3.8) is 0 Å². The quantitative estimate of drug-likeness (QED) is 0.506. The average Bonchev–Trinajstić information content (AvgIpc) is 3.38. The number of carbonyl (C=O) groups is 1. The molecule has 34 heavy (non-hydrogen) atoms. The van der Waals surface area contributed by atoms with Gasteiger partial charge in [0.05, 0.1) is 17.9 Å². The standard InChI is InChI=1S/C25H29F2N5O2/c1-15(2)32-13-20(24(33)34)22(30-32)16(3)12-17-6-4-5-7-18(17)19-8-10-29-23(21(19)28)31-11-9-25(26,27)14-31/h4-8,10,13,15-16H,9,11-12,14,28H2,1-3H3,(H,33,34). The molecule has 1 saturated heterocycles. The van der Waals surface area contributed by atoms with E-state index in [9.17, 15) is 18.7 Å². The smallest absolute Gasteiger partial charge is 0.339 e. The molecule has 4 rings (SSSR count). The van der Waals surface area contributed by atoms with E-state index in [4.69, 9.17) is 5.73 Å². The lowest BCUT2D eigenvalue weighted by atomic mass is 9.90. The van der Waals surface area contributed by atoms with E-state index in [1.165, 1.54) is 4.90 Å². The summed E-state index contributed by atoms with van der Waals surface area (Å²) >= 11 is 0. The molecule has 0 saturated carbocycles. The first-order chi connectivity index (χ1) is 16.1. The van der Waals surface area contributed by atoms with Crippen LogP contribution in [0.1, 0.15) is 60.8 Å². The van der Waals surface area contributed by atoms with Crippen LogP contribution in [0.15, 0.2) is 42.7 Å². The molecule has 0 amide bonds. The van der Waals surface area contributed by atoms with Crippen molar-refractivity contribution in [2.45, 2.75) is 51.5 Å². The first-order valence-electron chi connectivity index (χ1n) is 11.3. The number of nitrogen functional groups attached to an aromatic ring is 1. The van der Waals surface area contributed by atoms with Gasteiger partial charge in [0.25, 0.3) is 5.92 Å². The van der Waals surface area contributed by atoms with Crippen molar-refractivity contribution >= 4 is 17.5 Å². The Balaban J connectivity index is 1.68. The van der Waals surface area contributed by atoms with E-state index in [0.717, 1.165) is 11.1 Å². The van der Waals surface area contributed by atoms with Gasteiger partial charge < -0.3 is 15.7 Å². The van der Waals surface area contributed by atoms with Gasteiger partial charge in [-0.1, -0.05) is 31.2 Å². The Hall–Kier alpha value is -3.49. The monoisotopic (exact) mass is 469 g/mol. The summed E-state index contributed by atoms with van der Waals surface area (Å²) in [5, 5.41) is 14.2. The van der Waals surface area contributed by atoms with Crippen molar-refractivity contribution in [3.05, 3.63) is 59.5 Å². The summed E-state index contributed by atoms with van der Waals surface area (Å²) < 4.78 is 29.2. The van der Waals surface area contributed by atoms with E-state index in [1.807, 2.05) is 45.0 Å².